The molecule has 3 amide bonds. The SMILES string of the molecule is CC/C=C/C(=O)Nc1ccccc1CNC(=O)CCNC(=O)OC(C)(C)C. The number of benzene rings is 1. The van der Waals surface area contributed by atoms with Crippen molar-refractivity contribution in [3.63, 3.8) is 0 Å². The zero-order valence-corrected chi connectivity index (χ0v) is 16.4. The van der Waals surface area contributed by atoms with Crippen molar-refractivity contribution in [2.75, 3.05) is 11.9 Å². The Bertz CT molecular complexity index is 678. The van der Waals surface area contributed by atoms with Crippen molar-refractivity contribution in [3.05, 3.63) is 42.0 Å². The monoisotopic (exact) mass is 375 g/mol. The van der Waals surface area contributed by atoms with E-state index in [1.165, 1.54) is 6.08 Å². The molecule has 0 heterocycles. The number of alkyl carbamates (subject to hydrolysis) is 1. The molecule has 0 unspecified atom stereocenters. The van der Waals surface area contributed by atoms with Crippen LogP contribution in [0.3, 0.4) is 0 Å². The highest BCUT2D eigenvalue weighted by atomic mass is 16.6. The number of anilines is 1. The second-order valence-corrected chi connectivity index (χ2v) is 6.91. The largest absolute Gasteiger partial charge is 0.444 e. The summed E-state index contributed by atoms with van der Waals surface area (Å²) < 4.78 is 5.10. The van der Waals surface area contributed by atoms with Crippen LogP contribution in [0.2, 0.25) is 0 Å². The summed E-state index contributed by atoms with van der Waals surface area (Å²) in [5.41, 5.74) is 0.868. The molecular formula is C20H29N3O4. The lowest BCUT2D eigenvalue weighted by atomic mass is 10.1. The molecule has 0 saturated carbocycles. The predicted octanol–water partition coefficient (Wildman–Crippen LogP) is 3.12. The van der Waals surface area contributed by atoms with Crippen LogP contribution in [0.25, 0.3) is 0 Å². The molecule has 0 saturated heterocycles. The van der Waals surface area contributed by atoms with Crippen molar-refractivity contribution in [1.82, 2.24) is 10.6 Å². The summed E-state index contributed by atoms with van der Waals surface area (Å²) in [5, 5.41) is 8.11. The van der Waals surface area contributed by atoms with Crippen molar-refractivity contribution in [2.45, 2.75) is 52.7 Å². The van der Waals surface area contributed by atoms with Crippen LogP contribution in [0.15, 0.2) is 36.4 Å². The summed E-state index contributed by atoms with van der Waals surface area (Å²) >= 11 is 0. The molecule has 0 spiro atoms. The number of hydrogen-bond donors (Lipinski definition) is 3. The normalized spacial score (nSPS) is 11.1. The Balaban J connectivity index is 2.44. The Morgan fingerprint density at radius 2 is 1.81 bits per heavy atom. The number of para-hydroxylation sites is 1. The molecule has 3 N–H and O–H groups in total. The number of nitrogens with one attached hydrogen (secondary N) is 3. The van der Waals surface area contributed by atoms with Gasteiger partial charge in [0.2, 0.25) is 11.8 Å². The van der Waals surface area contributed by atoms with Gasteiger partial charge in [0.1, 0.15) is 5.60 Å². The standard InChI is InChI=1S/C20H29N3O4/c1-5-6-11-18(25)23-16-10-8-7-9-15(16)14-22-17(24)12-13-21-19(26)27-20(2,3)4/h6-11H,5,12-14H2,1-4H3,(H,21,26)(H,22,24)(H,23,25)/b11-6+. The predicted molar refractivity (Wildman–Crippen MR) is 105 cm³/mol. The molecule has 148 valence electrons. The molecule has 0 radical (unpaired) electrons. The number of amides is 3. The average Bonchev–Trinajstić information content (AvgIpc) is 2.57. The summed E-state index contributed by atoms with van der Waals surface area (Å²) in [6.45, 7) is 7.72. The second kappa shape index (κ2) is 11.0. The van der Waals surface area contributed by atoms with E-state index in [1.807, 2.05) is 25.1 Å². The highest BCUT2D eigenvalue weighted by Crippen LogP contribution is 2.15. The van der Waals surface area contributed by atoms with Crippen LogP contribution in [-0.4, -0.2) is 30.1 Å². The Kier molecular flexibility index (Phi) is 9.05. The first-order valence-electron chi connectivity index (χ1n) is 9.00. The zero-order valence-electron chi connectivity index (χ0n) is 16.4. The maximum absolute atomic E-state index is 12.0. The molecule has 7 nitrogen and oxygen atoms in total. The fourth-order valence-corrected chi connectivity index (χ4v) is 2.07. The molecule has 0 fully saturated rings. The van der Waals surface area contributed by atoms with Crippen molar-refractivity contribution in [3.8, 4) is 0 Å². The fourth-order valence-electron chi connectivity index (χ4n) is 2.07. The van der Waals surface area contributed by atoms with E-state index in [4.69, 9.17) is 4.74 Å². The minimum Gasteiger partial charge on any atom is -0.444 e. The quantitative estimate of drug-likeness (QED) is 0.608. The van der Waals surface area contributed by atoms with Gasteiger partial charge in [-0.2, -0.15) is 0 Å². The maximum atomic E-state index is 12.0. The lowest BCUT2D eigenvalue weighted by molar-refractivity contribution is -0.121. The lowest BCUT2D eigenvalue weighted by Gasteiger charge is -2.19. The van der Waals surface area contributed by atoms with Gasteiger partial charge in [-0.05, 0) is 44.9 Å². The maximum Gasteiger partial charge on any atom is 0.407 e. The van der Waals surface area contributed by atoms with Gasteiger partial charge < -0.3 is 20.7 Å². The number of hydrogen-bond acceptors (Lipinski definition) is 4. The Morgan fingerprint density at radius 3 is 2.48 bits per heavy atom. The zero-order chi connectivity index (χ0) is 20.3. The minimum absolute atomic E-state index is 0.132. The van der Waals surface area contributed by atoms with Gasteiger partial charge in [-0.1, -0.05) is 31.2 Å². The van der Waals surface area contributed by atoms with E-state index in [9.17, 15) is 14.4 Å². The van der Waals surface area contributed by atoms with Gasteiger partial charge in [-0.3, -0.25) is 9.59 Å². The third-order valence-electron chi connectivity index (χ3n) is 3.28. The molecule has 0 aliphatic carbocycles. The summed E-state index contributed by atoms with van der Waals surface area (Å²) in [6, 6.07) is 7.26. The average molecular weight is 375 g/mol. The van der Waals surface area contributed by atoms with E-state index in [-0.39, 0.29) is 31.3 Å². The van der Waals surface area contributed by atoms with Crippen LogP contribution in [0.5, 0.6) is 0 Å². The second-order valence-electron chi connectivity index (χ2n) is 6.91. The van der Waals surface area contributed by atoms with E-state index >= 15 is 0 Å². The molecule has 0 aliphatic rings. The Labute approximate surface area is 160 Å². The highest BCUT2D eigenvalue weighted by Gasteiger charge is 2.15. The number of carbonyl (C=O) groups is 3. The van der Waals surface area contributed by atoms with Crippen molar-refractivity contribution < 1.29 is 19.1 Å². The molecule has 1 aromatic carbocycles. The van der Waals surface area contributed by atoms with Crippen LogP contribution >= 0.6 is 0 Å². The molecule has 0 bridgehead atoms. The van der Waals surface area contributed by atoms with E-state index in [1.54, 1.807) is 32.9 Å². The number of carbonyl (C=O) groups excluding carboxylic acids is 3. The molecule has 0 atom stereocenters. The van der Waals surface area contributed by atoms with Crippen LogP contribution in [-0.2, 0) is 20.9 Å². The van der Waals surface area contributed by atoms with Crippen LogP contribution < -0.4 is 16.0 Å². The van der Waals surface area contributed by atoms with Gasteiger partial charge in [-0.15, -0.1) is 0 Å². The number of allylic oxidation sites excluding steroid dienone is 1. The van der Waals surface area contributed by atoms with E-state index < -0.39 is 11.7 Å². The molecular weight excluding hydrogens is 346 g/mol. The molecule has 0 aliphatic heterocycles. The summed E-state index contributed by atoms with van der Waals surface area (Å²) in [7, 11) is 0. The van der Waals surface area contributed by atoms with Crippen molar-refractivity contribution in [2.24, 2.45) is 0 Å². The van der Waals surface area contributed by atoms with Gasteiger partial charge >= 0.3 is 6.09 Å². The van der Waals surface area contributed by atoms with Crippen molar-refractivity contribution >= 4 is 23.6 Å². The van der Waals surface area contributed by atoms with E-state index in [0.29, 0.717) is 5.69 Å². The summed E-state index contributed by atoms with van der Waals surface area (Å²) in [4.78, 5) is 35.3. The first-order chi connectivity index (χ1) is 12.7. The Hall–Kier alpha value is -2.83. The highest BCUT2D eigenvalue weighted by molar-refractivity contribution is 5.99. The molecule has 1 rings (SSSR count). The molecule has 1 aromatic rings. The van der Waals surface area contributed by atoms with Gasteiger partial charge in [-0.25, -0.2) is 4.79 Å². The van der Waals surface area contributed by atoms with Crippen LogP contribution in [0.4, 0.5) is 10.5 Å². The third-order valence-corrected chi connectivity index (χ3v) is 3.28. The van der Waals surface area contributed by atoms with E-state index in [0.717, 1.165) is 12.0 Å². The van der Waals surface area contributed by atoms with Gasteiger partial charge in [0.25, 0.3) is 0 Å². The Morgan fingerprint density at radius 1 is 1.11 bits per heavy atom. The summed E-state index contributed by atoms with van der Waals surface area (Å²) in [6.07, 6.45) is 3.62. The van der Waals surface area contributed by atoms with Gasteiger partial charge in [0.15, 0.2) is 0 Å². The van der Waals surface area contributed by atoms with Gasteiger partial charge in [0, 0.05) is 25.2 Å². The molecule has 27 heavy (non-hydrogen) atoms. The van der Waals surface area contributed by atoms with Crippen LogP contribution in [0, 0.1) is 0 Å². The topological polar surface area (TPSA) is 96.5 Å². The molecule has 0 aromatic heterocycles. The summed E-state index contributed by atoms with van der Waals surface area (Å²) in [5.74, 6) is -0.421. The first-order valence-corrected chi connectivity index (χ1v) is 9.00. The van der Waals surface area contributed by atoms with Crippen LogP contribution in [0.1, 0.15) is 46.1 Å². The lowest BCUT2D eigenvalue weighted by Crippen LogP contribution is -2.35. The third kappa shape index (κ3) is 10.0. The minimum atomic E-state index is -0.577. The smallest absolute Gasteiger partial charge is 0.407 e. The first kappa shape index (κ1) is 22.2. The number of ether oxygens (including phenoxy) is 1. The van der Waals surface area contributed by atoms with E-state index in [2.05, 4.69) is 16.0 Å². The van der Waals surface area contributed by atoms with Crippen molar-refractivity contribution in [1.29, 1.82) is 0 Å². The van der Waals surface area contributed by atoms with Gasteiger partial charge in [0.05, 0.1) is 0 Å². The number of rotatable bonds is 8. The fraction of sp³-hybridized carbons (Fsp3) is 0.450. The molecule has 7 heteroatoms.